The number of halogens is 1. The Balaban J connectivity index is 2.14. The summed E-state index contributed by atoms with van der Waals surface area (Å²) in [6.45, 7) is 8.04. The van der Waals surface area contributed by atoms with Gasteiger partial charge in [-0.2, -0.15) is 0 Å². The van der Waals surface area contributed by atoms with Crippen LogP contribution in [0.5, 0.6) is 0 Å². The number of thiophene rings is 1. The van der Waals surface area contributed by atoms with E-state index in [1.807, 2.05) is 11.3 Å². The Morgan fingerprint density at radius 1 is 1.50 bits per heavy atom. The van der Waals surface area contributed by atoms with Crippen molar-refractivity contribution in [2.24, 2.45) is 5.41 Å². The second-order valence-electron chi connectivity index (χ2n) is 4.90. The molecule has 90 valence electrons. The number of hydrogen-bond donors (Lipinski definition) is 1. The molecule has 0 aliphatic heterocycles. The zero-order valence-corrected chi connectivity index (χ0v) is 12.6. The van der Waals surface area contributed by atoms with Crippen LogP contribution in [0.15, 0.2) is 15.9 Å². The fourth-order valence-electron chi connectivity index (χ4n) is 2.87. The molecule has 0 radical (unpaired) electrons. The van der Waals surface area contributed by atoms with E-state index in [2.05, 4.69) is 54.2 Å². The Hall–Kier alpha value is 0.140. The van der Waals surface area contributed by atoms with Crippen molar-refractivity contribution in [3.63, 3.8) is 0 Å². The third-order valence-corrected chi connectivity index (χ3v) is 5.95. The minimum Gasteiger partial charge on any atom is -0.314 e. The van der Waals surface area contributed by atoms with Gasteiger partial charge >= 0.3 is 0 Å². The fraction of sp³-hybridized carbons (Fsp3) is 0.692. The van der Waals surface area contributed by atoms with Crippen LogP contribution in [-0.2, 0) is 0 Å². The van der Waals surface area contributed by atoms with Crippen molar-refractivity contribution in [2.45, 2.75) is 45.6 Å². The molecular formula is C13H20BrNS. The maximum atomic E-state index is 3.62. The molecule has 1 aromatic heterocycles. The molecule has 16 heavy (non-hydrogen) atoms. The molecule has 1 aromatic rings. The normalized spacial score (nSPS) is 33.8. The zero-order chi connectivity index (χ0) is 11.8. The first-order valence-corrected chi connectivity index (χ1v) is 7.71. The molecule has 3 atom stereocenters. The molecule has 1 saturated carbocycles. The first kappa shape index (κ1) is 12.6. The minimum atomic E-state index is 0.445. The van der Waals surface area contributed by atoms with E-state index in [9.17, 15) is 0 Å². The SMILES string of the molecule is CCNC1CC(c2ccc(Br)s2)C1(C)CC. The average Bonchev–Trinajstić information content (AvgIpc) is 2.68. The van der Waals surface area contributed by atoms with Gasteiger partial charge in [0.15, 0.2) is 0 Å². The highest BCUT2D eigenvalue weighted by atomic mass is 79.9. The van der Waals surface area contributed by atoms with Gasteiger partial charge in [-0.25, -0.2) is 0 Å². The van der Waals surface area contributed by atoms with Crippen LogP contribution in [0.2, 0.25) is 0 Å². The molecule has 1 aliphatic rings. The monoisotopic (exact) mass is 301 g/mol. The van der Waals surface area contributed by atoms with E-state index in [1.165, 1.54) is 16.6 Å². The second-order valence-corrected chi connectivity index (χ2v) is 7.39. The van der Waals surface area contributed by atoms with Gasteiger partial charge in [0.05, 0.1) is 3.79 Å². The molecule has 0 bridgehead atoms. The van der Waals surface area contributed by atoms with Gasteiger partial charge in [-0.05, 0) is 52.9 Å². The van der Waals surface area contributed by atoms with E-state index in [0.29, 0.717) is 11.5 Å². The molecule has 0 saturated heterocycles. The number of hydrogen-bond acceptors (Lipinski definition) is 2. The van der Waals surface area contributed by atoms with Crippen LogP contribution in [0, 0.1) is 5.41 Å². The number of nitrogens with one attached hydrogen (secondary N) is 1. The summed E-state index contributed by atoms with van der Waals surface area (Å²) < 4.78 is 1.26. The third kappa shape index (κ3) is 1.98. The predicted molar refractivity (Wildman–Crippen MR) is 75.2 cm³/mol. The summed E-state index contributed by atoms with van der Waals surface area (Å²) in [6, 6.07) is 5.17. The van der Waals surface area contributed by atoms with Crippen LogP contribution in [-0.4, -0.2) is 12.6 Å². The highest BCUT2D eigenvalue weighted by Gasteiger charge is 2.50. The summed E-state index contributed by atoms with van der Waals surface area (Å²) >= 11 is 5.46. The van der Waals surface area contributed by atoms with E-state index < -0.39 is 0 Å². The Labute approximate surface area is 111 Å². The molecule has 0 amide bonds. The summed E-state index contributed by atoms with van der Waals surface area (Å²) in [7, 11) is 0. The highest BCUT2D eigenvalue weighted by molar-refractivity contribution is 9.11. The van der Waals surface area contributed by atoms with Crippen LogP contribution < -0.4 is 5.32 Å². The molecule has 3 unspecified atom stereocenters. The van der Waals surface area contributed by atoms with Crippen molar-refractivity contribution < 1.29 is 0 Å². The van der Waals surface area contributed by atoms with Crippen LogP contribution in [0.4, 0.5) is 0 Å². The Morgan fingerprint density at radius 3 is 2.75 bits per heavy atom. The molecule has 0 spiro atoms. The van der Waals surface area contributed by atoms with Gasteiger partial charge < -0.3 is 5.32 Å². The van der Waals surface area contributed by atoms with Crippen molar-refractivity contribution in [1.29, 1.82) is 0 Å². The molecule has 2 rings (SSSR count). The van der Waals surface area contributed by atoms with Crippen molar-refractivity contribution in [1.82, 2.24) is 5.32 Å². The smallest absolute Gasteiger partial charge is 0.0701 e. The van der Waals surface area contributed by atoms with Crippen molar-refractivity contribution in [2.75, 3.05) is 6.54 Å². The molecule has 3 heteroatoms. The van der Waals surface area contributed by atoms with E-state index in [0.717, 1.165) is 12.5 Å². The maximum absolute atomic E-state index is 3.62. The zero-order valence-electron chi connectivity index (χ0n) is 10.2. The van der Waals surface area contributed by atoms with Gasteiger partial charge in [0.2, 0.25) is 0 Å². The highest BCUT2D eigenvalue weighted by Crippen LogP contribution is 2.56. The molecule has 1 fully saturated rings. The first-order chi connectivity index (χ1) is 7.61. The van der Waals surface area contributed by atoms with Crippen molar-refractivity contribution in [3.05, 3.63) is 20.8 Å². The van der Waals surface area contributed by atoms with Crippen LogP contribution >= 0.6 is 27.3 Å². The second kappa shape index (κ2) is 4.79. The largest absolute Gasteiger partial charge is 0.314 e. The van der Waals surface area contributed by atoms with E-state index >= 15 is 0 Å². The van der Waals surface area contributed by atoms with Crippen molar-refractivity contribution >= 4 is 27.3 Å². The van der Waals surface area contributed by atoms with Crippen LogP contribution in [0.3, 0.4) is 0 Å². The lowest BCUT2D eigenvalue weighted by atomic mass is 9.55. The molecule has 1 N–H and O–H groups in total. The molecule has 1 nitrogen and oxygen atoms in total. The molecule has 1 aliphatic carbocycles. The maximum Gasteiger partial charge on any atom is 0.0701 e. The minimum absolute atomic E-state index is 0.445. The van der Waals surface area contributed by atoms with E-state index in [4.69, 9.17) is 0 Å². The van der Waals surface area contributed by atoms with E-state index in [-0.39, 0.29) is 0 Å². The topological polar surface area (TPSA) is 12.0 Å². The average molecular weight is 302 g/mol. The van der Waals surface area contributed by atoms with Gasteiger partial charge in [0.1, 0.15) is 0 Å². The molecule has 1 heterocycles. The predicted octanol–water partition coefficient (Wildman–Crippen LogP) is 4.39. The third-order valence-electron chi connectivity index (χ3n) is 4.21. The van der Waals surface area contributed by atoms with Gasteiger partial charge in [-0.15, -0.1) is 11.3 Å². The van der Waals surface area contributed by atoms with Gasteiger partial charge in [-0.1, -0.05) is 20.8 Å². The summed E-state index contributed by atoms with van der Waals surface area (Å²) in [5.74, 6) is 0.748. The molecular weight excluding hydrogens is 282 g/mol. The summed E-state index contributed by atoms with van der Waals surface area (Å²) in [4.78, 5) is 1.55. The Bertz CT molecular complexity index is 363. The summed E-state index contributed by atoms with van der Waals surface area (Å²) in [6.07, 6.45) is 2.55. The van der Waals surface area contributed by atoms with Gasteiger partial charge in [0, 0.05) is 16.8 Å². The fourth-order valence-corrected chi connectivity index (χ4v) is 4.57. The lowest BCUT2D eigenvalue weighted by Gasteiger charge is -2.54. The lowest BCUT2D eigenvalue weighted by Crippen LogP contribution is -2.56. The number of rotatable bonds is 4. The first-order valence-electron chi connectivity index (χ1n) is 6.10. The van der Waals surface area contributed by atoms with Crippen LogP contribution in [0.25, 0.3) is 0 Å². The molecule has 0 aromatic carbocycles. The van der Waals surface area contributed by atoms with Gasteiger partial charge in [-0.3, -0.25) is 0 Å². The lowest BCUT2D eigenvalue weighted by molar-refractivity contribution is 0.0475. The van der Waals surface area contributed by atoms with E-state index in [1.54, 1.807) is 4.88 Å². The standard InChI is InChI=1S/C13H20BrNS/c1-4-13(3)9(8-11(13)15-5-2)10-6-7-12(14)16-10/h6-7,9,11,15H,4-5,8H2,1-3H3. The summed E-state index contributed by atoms with van der Waals surface area (Å²) in [5, 5.41) is 3.62. The Morgan fingerprint density at radius 2 is 2.25 bits per heavy atom. The van der Waals surface area contributed by atoms with Crippen LogP contribution in [0.1, 0.15) is 44.4 Å². The van der Waals surface area contributed by atoms with Gasteiger partial charge in [0.25, 0.3) is 0 Å². The Kier molecular flexibility index (Phi) is 3.77. The quantitative estimate of drug-likeness (QED) is 0.869. The van der Waals surface area contributed by atoms with Crippen molar-refractivity contribution in [3.8, 4) is 0 Å². The summed E-state index contributed by atoms with van der Waals surface area (Å²) in [5.41, 5.74) is 0.445.